The average molecular weight is 367 g/mol. The Labute approximate surface area is 142 Å². The number of rotatable bonds is 3. The number of halogens is 4. The van der Waals surface area contributed by atoms with Gasteiger partial charge >= 0.3 is 12.3 Å². The van der Waals surface area contributed by atoms with Gasteiger partial charge in [0.25, 0.3) is 0 Å². The maximum absolute atomic E-state index is 12.7. The lowest BCUT2D eigenvalue weighted by Crippen LogP contribution is -2.44. The molecule has 2 N–H and O–H groups in total. The minimum absolute atomic E-state index is 0.127. The molecule has 0 spiro atoms. The fourth-order valence-electron chi connectivity index (χ4n) is 1.63. The molecule has 1 aromatic carbocycles. The van der Waals surface area contributed by atoms with Crippen LogP contribution in [-0.4, -0.2) is 23.6 Å². The minimum Gasteiger partial charge on any atom is -0.444 e. The monoisotopic (exact) mass is 366 g/mol. The van der Waals surface area contributed by atoms with E-state index in [0.717, 1.165) is 12.1 Å². The van der Waals surface area contributed by atoms with Gasteiger partial charge in [-0.25, -0.2) is 4.79 Å². The number of benzene rings is 1. The van der Waals surface area contributed by atoms with Gasteiger partial charge in [0, 0.05) is 10.7 Å². The molecule has 5 nitrogen and oxygen atoms in total. The van der Waals surface area contributed by atoms with Crippen molar-refractivity contribution < 1.29 is 27.5 Å². The number of ether oxygens (including phenoxy) is 1. The predicted molar refractivity (Wildman–Crippen MR) is 83.9 cm³/mol. The molecule has 9 heteroatoms. The zero-order chi connectivity index (χ0) is 18.7. The van der Waals surface area contributed by atoms with Crippen molar-refractivity contribution in [2.24, 2.45) is 0 Å². The number of carbonyl (C=O) groups is 2. The SMILES string of the molecule is C[C@@H](NC(=O)OC(C)(C)C)C(=O)Nc1cc(Cl)cc(C(F)(F)F)c1. The summed E-state index contributed by atoms with van der Waals surface area (Å²) in [6.45, 7) is 6.33. The Morgan fingerprint density at radius 1 is 1.17 bits per heavy atom. The van der Waals surface area contributed by atoms with Gasteiger partial charge in [-0.1, -0.05) is 11.6 Å². The van der Waals surface area contributed by atoms with Crippen LogP contribution in [0.15, 0.2) is 18.2 Å². The summed E-state index contributed by atoms with van der Waals surface area (Å²) in [7, 11) is 0. The van der Waals surface area contributed by atoms with E-state index in [-0.39, 0.29) is 10.7 Å². The zero-order valence-electron chi connectivity index (χ0n) is 13.5. The molecule has 134 valence electrons. The summed E-state index contributed by atoms with van der Waals surface area (Å²) in [5.74, 6) is -0.712. The fourth-order valence-corrected chi connectivity index (χ4v) is 1.86. The van der Waals surface area contributed by atoms with Crippen LogP contribution in [0.4, 0.5) is 23.7 Å². The molecule has 0 saturated carbocycles. The standard InChI is InChI=1S/C15H18ClF3N2O3/c1-8(20-13(23)24-14(2,3)4)12(22)21-11-6-9(15(17,18)19)5-10(16)7-11/h5-8H,1-4H3,(H,20,23)(H,21,22)/t8-/m1/s1. The molecule has 0 bridgehead atoms. The fraction of sp³-hybridized carbons (Fsp3) is 0.467. The van der Waals surface area contributed by atoms with Gasteiger partial charge in [-0.05, 0) is 45.9 Å². The first-order chi connectivity index (χ1) is 10.8. The lowest BCUT2D eigenvalue weighted by Gasteiger charge is -2.21. The summed E-state index contributed by atoms with van der Waals surface area (Å²) in [5, 5.41) is 4.38. The second-order valence-electron chi connectivity index (χ2n) is 6.08. The molecule has 0 aliphatic carbocycles. The van der Waals surface area contributed by atoms with Crippen molar-refractivity contribution in [1.82, 2.24) is 5.32 Å². The van der Waals surface area contributed by atoms with Crippen LogP contribution in [0.2, 0.25) is 5.02 Å². The molecule has 2 amide bonds. The van der Waals surface area contributed by atoms with Gasteiger partial charge in [0.1, 0.15) is 11.6 Å². The number of amides is 2. The van der Waals surface area contributed by atoms with E-state index in [2.05, 4.69) is 10.6 Å². The second-order valence-corrected chi connectivity index (χ2v) is 6.52. The van der Waals surface area contributed by atoms with Crippen molar-refractivity contribution in [3.05, 3.63) is 28.8 Å². The summed E-state index contributed by atoms with van der Waals surface area (Å²) in [6, 6.07) is 1.66. The lowest BCUT2D eigenvalue weighted by molar-refractivity contribution is -0.137. The van der Waals surface area contributed by atoms with Crippen LogP contribution in [0, 0.1) is 0 Å². The first-order valence-corrected chi connectivity index (χ1v) is 7.34. The highest BCUT2D eigenvalue weighted by Crippen LogP contribution is 2.33. The Hall–Kier alpha value is -1.96. The number of carbonyl (C=O) groups excluding carboxylic acids is 2. The Morgan fingerprint density at radius 3 is 2.25 bits per heavy atom. The first-order valence-electron chi connectivity index (χ1n) is 6.96. The van der Waals surface area contributed by atoms with Crippen LogP contribution < -0.4 is 10.6 Å². The van der Waals surface area contributed by atoms with E-state index in [4.69, 9.17) is 16.3 Å². The average Bonchev–Trinajstić information content (AvgIpc) is 2.34. The van der Waals surface area contributed by atoms with Crippen molar-refractivity contribution in [3.8, 4) is 0 Å². The first kappa shape index (κ1) is 20.1. The molecule has 24 heavy (non-hydrogen) atoms. The molecule has 1 atom stereocenters. The second kappa shape index (κ2) is 7.29. The number of hydrogen-bond acceptors (Lipinski definition) is 3. The largest absolute Gasteiger partial charge is 0.444 e. The third-order valence-electron chi connectivity index (χ3n) is 2.62. The summed E-state index contributed by atoms with van der Waals surface area (Å²) in [4.78, 5) is 23.6. The summed E-state index contributed by atoms with van der Waals surface area (Å²) in [5.41, 5.74) is -1.86. The van der Waals surface area contributed by atoms with Gasteiger partial charge in [0.05, 0.1) is 5.56 Å². The number of hydrogen-bond donors (Lipinski definition) is 2. The number of alkyl halides is 3. The highest BCUT2D eigenvalue weighted by atomic mass is 35.5. The summed E-state index contributed by atoms with van der Waals surface area (Å²) in [6.07, 6.45) is -5.41. The topological polar surface area (TPSA) is 67.4 Å². The molecule has 0 unspecified atom stereocenters. The van der Waals surface area contributed by atoms with E-state index >= 15 is 0 Å². The molecule has 0 aliphatic heterocycles. The van der Waals surface area contributed by atoms with Crippen molar-refractivity contribution in [2.45, 2.75) is 45.5 Å². The maximum Gasteiger partial charge on any atom is 0.416 e. The van der Waals surface area contributed by atoms with Gasteiger partial charge in [-0.15, -0.1) is 0 Å². The van der Waals surface area contributed by atoms with Gasteiger partial charge < -0.3 is 15.4 Å². The molecular formula is C15H18ClF3N2O3. The summed E-state index contributed by atoms with van der Waals surface area (Å²) >= 11 is 5.63. The molecule has 0 radical (unpaired) electrons. The maximum atomic E-state index is 12.7. The predicted octanol–water partition coefficient (Wildman–Crippen LogP) is 4.21. The van der Waals surface area contributed by atoms with E-state index in [0.29, 0.717) is 0 Å². The third kappa shape index (κ3) is 6.66. The van der Waals surface area contributed by atoms with Crippen molar-refractivity contribution in [1.29, 1.82) is 0 Å². The Morgan fingerprint density at radius 2 is 1.75 bits per heavy atom. The number of nitrogens with one attached hydrogen (secondary N) is 2. The van der Waals surface area contributed by atoms with Gasteiger partial charge in [0.15, 0.2) is 0 Å². The Balaban J connectivity index is 2.77. The number of anilines is 1. The number of alkyl carbamates (subject to hydrolysis) is 1. The van der Waals surface area contributed by atoms with Gasteiger partial charge in [-0.2, -0.15) is 13.2 Å². The smallest absolute Gasteiger partial charge is 0.416 e. The van der Waals surface area contributed by atoms with Crippen LogP contribution in [0.1, 0.15) is 33.3 Å². The Kier molecular flexibility index (Phi) is 6.10. The van der Waals surface area contributed by atoms with E-state index < -0.39 is 35.4 Å². The van der Waals surface area contributed by atoms with Crippen LogP contribution in [0.3, 0.4) is 0 Å². The van der Waals surface area contributed by atoms with Crippen LogP contribution in [0.5, 0.6) is 0 Å². The molecule has 1 rings (SSSR count). The highest BCUT2D eigenvalue weighted by Gasteiger charge is 2.31. The van der Waals surface area contributed by atoms with Crippen LogP contribution >= 0.6 is 11.6 Å². The van der Waals surface area contributed by atoms with Gasteiger partial charge in [0.2, 0.25) is 5.91 Å². The van der Waals surface area contributed by atoms with Crippen LogP contribution in [-0.2, 0) is 15.7 Å². The summed E-state index contributed by atoms with van der Waals surface area (Å²) < 4.78 is 43.2. The molecule has 0 aromatic heterocycles. The van der Waals surface area contributed by atoms with E-state index in [1.165, 1.54) is 13.0 Å². The van der Waals surface area contributed by atoms with E-state index in [1.807, 2.05) is 0 Å². The molecule has 0 saturated heterocycles. The molecule has 0 aliphatic rings. The quantitative estimate of drug-likeness (QED) is 0.842. The highest BCUT2D eigenvalue weighted by molar-refractivity contribution is 6.31. The Bertz CT molecular complexity index is 627. The third-order valence-corrected chi connectivity index (χ3v) is 2.84. The molecular weight excluding hydrogens is 349 g/mol. The van der Waals surface area contributed by atoms with E-state index in [1.54, 1.807) is 20.8 Å². The molecule has 0 fully saturated rings. The lowest BCUT2D eigenvalue weighted by atomic mass is 10.2. The molecule has 1 aromatic rings. The van der Waals surface area contributed by atoms with Crippen molar-refractivity contribution in [2.75, 3.05) is 5.32 Å². The zero-order valence-corrected chi connectivity index (χ0v) is 14.3. The van der Waals surface area contributed by atoms with Crippen molar-refractivity contribution >= 4 is 29.3 Å². The minimum atomic E-state index is -4.59. The van der Waals surface area contributed by atoms with E-state index in [9.17, 15) is 22.8 Å². The normalized spacial score (nSPS) is 13.2. The van der Waals surface area contributed by atoms with Crippen LogP contribution in [0.25, 0.3) is 0 Å². The molecule has 0 heterocycles. The van der Waals surface area contributed by atoms with Gasteiger partial charge in [-0.3, -0.25) is 4.79 Å². The van der Waals surface area contributed by atoms with Crippen molar-refractivity contribution in [3.63, 3.8) is 0 Å².